The molecule has 0 aromatic heterocycles. The Labute approximate surface area is 279 Å². The Morgan fingerprint density at radius 3 is 2.30 bits per heavy atom. The van der Waals surface area contributed by atoms with Crippen LogP contribution >= 0.6 is 0 Å². The first-order valence-corrected chi connectivity index (χ1v) is 16.6. The molecule has 3 aromatic rings. The summed E-state index contributed by atoms with van der Waals surface area (Å²) in [5, 5.41) is 9.13. The van der Waals surface area contributed by atoms with Crippen molar-refractivity contribution in [3.8, 4) is 17.2 Å². The van der Waals surface area contributed by atoms with Crippen molar-refractivity contribution in [1.29, 1.82) is 0 Å². The van der Waals surface area contributed by atoms with E-state index >= 15 is 0 Å². The zero-order valence-electron chi connectivity index (χ0n) is 28.3. The van der Waals surface area contributed by atoms with E-state index in [1.54, 1.807) is 12.0 Å². The summed E-state index contributed by atoms with van der Waals surface area (Å²) in [5.74, 6) is 2.74. The molecule has 3 aromatic carbocycles. The first-order chi connectivity index (χ1) is 22.8. The Kier molecular flexibility index (Phi) is 14.2. The van der Waals surface area contributed by atoms with E-state index in [4.69, 9.17) is 33.8 Å². The lowest BCUT2D eigenvalue weighted by Crippen LogP contribution is -2.51. The summed E-state index contributed by atoms with van der Waals surface area (Å²) >= 11 is 0. The Hall–Kier alpha value is -3.79. The van der Waals surface area contributed by atoms with Gasteiger partial charge in [-0.2, -0.15) is 4.89 Å². The van der Waals surface area contributed by atoms with Crippen LogP contribution in [0.3, 0.4) is 0 Å². The van der Waals surface area contributed by atoms with Gasteiger partial charge in [-0.05, 0) is 72.4 Å². The van der Waals surface area contributed by atoms with Gasteiger partial charge in [-0.3, -0.25) is 4.89 Å². The molecule has 9 heteroatoms. The number of carbonyl (C=O) groups is 1. The van der Waals surface area contributed by atoms with Crippen molar-refractivity contribution in [2.24, 2.45) is 5.41 Å². The first-order valence-electron chi connectivity index (χ1n) is 16.6. The number of aliphatic hydroxyl groups is 1. The van der Waals surface area contributed by atoms with Crippen LogP contribution in [0.5, 0.6) is 17.2 Å². The molecule has 0 radical (unpaired) electrons. The minimum Gasteiger partial charge on any atom is -0.496 e. The molecule has 1 N–H and O–H groups in total. The molecular weight excluding hydrogens is 598 g/mol. The first kappa shape index (κ1) is 36.1. The number of methoxy groups -OCH3 is 1. The highest BCUT2D eigenvalue weighted by molar-refractivity contribution is 5.67. The summed E-state index contributed by atoms with van der Waals surface area (Å²) < 4.78 is 23.0. The Balaban J connectivity index is 1.18. The van der Waals surface area contributed by atoms with Gasteiger partial charge in [0.25, 0.3) is 0 Å². The maximum absolute atomic E-state index is 13.1. The molecule has 1 aliphatic heterocycles. The highest BCUT2D eigenvalue weighted by atomic mass is 17.2. The number of likely N-dealkylation sites (tertiary alicyclic amines) is 1. The van der Waals surface area contributed by atoms with E-state index in [-0.39, 0.29) is 31.3 Å². The molecular formula is C38H51NO8. The van der Waals surface area contributed by atoms with E-state index < -0.39 is 6.09 Å². The second kappa shape index (κ2) is 18.5. The number of piperidine rings is 1. The number of hydrogen-bond donors (Lipinski definition) is 1. The van der Waals surface area contributed by atoms with Crippen molar-refractivity contribution in [2.45, 2.75) is 71.4 Å². The molecule has 1 fully saturated rings. The fourth-order valence-electron chi connectivity index (χ4n) is 5.95. The molecule has 0 saturated carbocycles. The number of hydrogen-bond acceptors (Lipinski definition) is 8. The molecule has 4 rings (SSSR count). The summed E-state index contributed by atoms with van der Waals surface area (Å²) in [5.41, 5.74) is 3.16. The van der Waals surface area contributed by atoms with Gasteiger partial charge in [0.05, 0.1) is 26.9 Å². The van der Waals surface area contributed by atoms with Gasteiger partial charge in [0.2, 0.25) is 0 Å². The zero-order valence-corrected chi connectivity index (χ0v) is 28.3. The van der Waals surface area contributed by atoms with Crippen molar-refractivity contribution < 1.29 is 38.6 Å². The van der Waals surface area contributed by atoms with Crippen LogP contribution in [0.25, 0.3) is 0 Å². The largest absolute Gasteiger partial charge is 0.496 e. The van der Waals surface area contributed by atoms with Gasteiger partial charge in [0.15, 0.2) is 0 Å². The van der Waals surface area contributed by atoms with Crippen molar-refractivity contribution >= 4 is 6.09 Å². The predicted octanol–water partition coefficient (Wildman–Crippen LogP) is 7.35. The lowest BCUT2D eigenvalue weighted by atomic mass is 9.75. The SMILES string of the molecule is COc1ccccc1COCCCOc1ccc(C2CCN(C(=O)OOCCOc3ccccc3CCCO)C(C(C)(C)C)C2)cc1. The molecule has 1 aliphatic rings. The van der Waals surface area contributed by atoms with Crippen LogP contribution in [0.15, 0.2) is 72.8 Å². The average molecular weight is 650 g/mol. The van der Waals surface area contributed by atoms with E-state index in [0.29, 0.717) is 38.7 Å². The molecule has 2 unspecified atom stereocenters. The van der Waals surface area contributed by atoms with E-state index in [1.165, 1.54) is 5.56 Å². The van der Waals surface area contributed by atoms with Crippen LogP contribution in [0.1, 0.15) is 69.1 Å². The predicted molar refractivity (Wildman–Crippen MR) is 181 cm³/mol. The number of carbonyl (C=O) groups excluding carboxylic acids is 1. The molecule has 256 valence electrons. The second-order valence-corrected chi connectivity index (χ2v) is 12.9. The van der Waals surface area contributed by atoms with E-state index in [9.17, 15) is 4.79 Å². The van der Waals surface area contributed by atoms with Crippen molar-refractivity contribution in [3.05, 3.63) is 89.5 Å². The van der Waals surface area contributed by atoms with Gasteiger partial charge >= 0.3 is 6.09 Å². The minimum absolute atomic E-state index is 0.0150. The molecule has 2 atom stereocenters. The van der Waals surface area contributed by atoms with Gasteiger partial charge in [-0.15, -0.1) is 0 Å². The summed E-state index contributed by atoms with van der Waals surface area (Å²) in [6.45, 7) is 9.21. The van der Waals surface area contributed by atoms with E-state index in [2.05, 4.69) is 32.9 Å². The van der Waals surface area contributed by atoms with Gasteiger partial charge in [0, 0.05) is 31.2 Å². The van der Waals surface area contributed by atoms with Crippen molar-refractivity contribution in [1.82, 2.24) is 4.90 Å². The molecule has 1 heterocycles. The number of amides is 1. The van der Waals surface area contributed by atoms with Crippen LogP contribution < -0.4 is 14.2 Å². The van der Waals surface area contributed by atoms with Gasteiger partial charge in [-0.25, -0.2) is 4.79 Å². The highest BCUT2D eigenvalue weighted by Crippen LogP contribution is 2.39. The molecule has 1 amide bonds. The Morgan fingerprint density at radius 2 is 1.57 bits per heavy atom. The van der Waals surface area contributed by atoms with Crippen molar-refractivity contribution in [2.75, 3.05) is 46.7 Å². The number of benzene rings is 3. The number of aliphatic hydroxyl groups excluding tert-OH is 1. The number of nitrogens with zero attached hydrogens (tertiary/aromatic N) is 1. The summed E-state index contributed by atoms with van der Waals surface area (Å²) in [6, 6.07) is 23.9. The minimum atomic E-state index is -0.470. The third-order valence-electron chi connectivity index (χ3n) is 8.47. The fraction of sp³-hybridized carbons (Fsp3) is 0.500. The topological polar surface area (TPSA) is 95.9 Å². The number of ether oxygens (including phenoxy) is 4. The van der Waals surface area contributed by atoms with E-state index in [1.807, 2.05) is 60.7 Å². The van der Waals surface area contributed by atoms with Crippen LogP contribution in [0.4, 0.5) is 4.79 Å². The van der Waals surface area contributed by atoms with Gasteiger partial charge < -0.3 is 29.0 Å². The second-order valence-electron chi connectivity index (χ2n) is 12.9. The summed E-state index contributed by atoms with van der Waals surface area (Å²) in [7, 11) is 1.67. The summed E-state index contributed by atoms with van der Waals surface area (Å²) in [4.78, 5) is 25.4. The van der Waals surface area contributed by atoms with E-state index in [0.717, 1.165) is 54.1 Å². The zero-order chi connectivity index (χ0) is 33.5. The van der Waals surface area contributed by atoms with Crippen LogP contribution in [-0.4, -0.2) is 68.8 Å². The standard InChI is InChI=1S/C38H51NO8/c1-38(2,3)36-27-31(20-21-39(36)37(41)47-46-26-25-45-35-15-8-5-11-30(35)13-9-22-40)29-16-18-33(19-17-29)44-24-10-23-43-28-32-12-6-7-14-34(32)42-4/h5-8,11-12,14-19,31,36,40H,9-10,13,20-28H2,1-4H3. The van der Waals surface area contributed by atoms with Crippen molar-refractivity contribution in [3.63, 3.8) is 0 Å². The average Bonchev–Trinajstić information content (AvgIpc) is 3.08. The van der Waals surface area contributed by atoms with Crippen LogP contribution in [-0.2, 0) is 27.5 Å². The Bertz CT molecular complexity index is 1360. The quantitative estimate of drug-likeness (QED) is 0.0922. The molecule has 47 heavy (non-hydrogen) atoms. The Morgan fingerprint density at radius 1 is 0.851 bits per heavy atom. The fourth-order valence-corrected chi connectivity index (χ4v) is 5.95. The molecule has 9 nitrogen and oxygen atoms in total. The lowest BCUT2D eigenvalue weighted by molar-refractivity contribution is -0.251. The van der Waals surface area contributed by atoms with Gasteiger partial charge in [0.1, 0.15) is 30.5 Å². The molecule has 0 spiro atoms. The summed E-state index contributed by atoms with van der Waals surface area (Å²) in [6.07, 6.45) is 3.38. The lowest BCUT2D eigenvalue weighted by Gasteiger charge is -2.45. The monoisotopic (exact) mass is 649 g/mol. The van der Waals surface area contributed by atoms with Gasteiger partial charge in [-0.1, -0.05) is 69.3 Å². The third-order valence-corrected chi connectivity index (χ3v) is 8.47. The number of para-hydroxylation sites is 2. The smallest absolute Gasteiger partial charge is 0.441 e. The van der Waals surface area contributed by atoms with Crippen LogP contribution in [0, 0.1) is 5.41 Å². The third kappa shape index (κ3) is 11.2. The maximum Gasteiger partial charge on any atom is 0.441 e. The normalized spacial score (nSPS) is 16.5. The maximum atomic E-state index is 13.1. The number of aryl methyl sites for hydroxylation is 1. The molecule has 0 aliphatic carbocycles. The van der Waals surface area contributed by atoms with Crippen LogP contribution in [0.2, 0.25) is 0 Å². The molecule has 0 bridgehead atoms. The highest BCUT2D eigenvalue weighted by Gasteiger charge is 2.40. The number of rotatable bonds is 17. The molecule has 1 saturated heterocycles.